The van der Waals surface area contributed by atoms with Crippen molar-refractivity contribution in [3.8, 4) is 67.5 Å². The van der Waals surface area contributed by atoms with Crippen LogP contribution in [0.15, 0.2) is 204 Å². The fourth-order valence-corrected chi connectivity index (χ4v) is 9.86. The van der Waals surface area contributed by atoms with Gasteiger partial charge in [0.1, 0.15) is 0 Å². The SMILES string of the molecule is c1ccc(-c2nc(-c3cccc(-c4cnccc4-c4ccccc4)c3)nc(-c3ccc4c(c3)C3(c5ccccc5Sc5ccccc53)c3ccccc3-4)n2)cc1. The van der Waals surface area contributed by atoms with Crippen LogP contribution < -0.4 is 0 Å². The van der Waals surface area contributed by atoms with Crippen LogP contribution in [0, 0.1) is 0 Å². The predicted molar refractivity (Wildman–Crippen MR) is 226 cm³/mol. The second-order valence-corrected chi connectivity index (χ2v) is 15.3. The summed E-state index contributed by atoms with van der Waals surface area (Å²) in [6.45, 7) is 0. The number of fused-ring (bicyclic) bond motifs is 9. The van der Waals surface area contributed by atoms with E-state index in [0.717, 1.165) is 38.9 Å². The molecule has 0 saturated heterocycles. The largest absolute Gasteiger partial charge is 0.264 e. The van der Waals surface area contributed by atoms with Crippen molar-refractivity contribution in [2.75, 3.05) is 0 Å². The summed E-state index contributed by atoms with van der Waals surface area (Å²) >= 11 is 1.85. The van der Waals surface area contributed by atoms with E-state index < -0.39 is 5.41 Å². The standard InChI is InChI=1S/C51H32N4S/c1-3-14-33(15-4-1)38-28-29-52-32-41(38)35-18-13-19-36(30-35)49-53-48(34-16-5-2-6-17-34)54-50(55-49)37-26-27-40-39-20-7-8-21-42(39)51(45(40)31-37)43-22-9-11-24-46(43)56-47-25-12-10-23-44(47)51/h1-32H. The Morgan fingerprint density at radius 1 is 0.339 bits per heavy atom. The van der Waals surface area contributed by atoms with Crippen LogP contribution in [0.2, 0.25) is 0 Å². The zero-order chi connectivity index (χ0) is 37.1. The lowest BCUT2D eigenvalue weighted by molar-refractivity contribution is 0.722. The Balaban J connectivity index is 1.12. The average molecular weight is 733 g/mol. The van der Waals surface area contributed by atoms with Crippen molar-refractivity contribution in [1.82, 2.24) is 19.9 Å². The molecule has 56 heavy (non-hydrogen) atoms. The van der Waals surface area contributed by atoms with Crippen molar-refractivity contribution in [2.24, 2.45) is 0 Å². The fraction of sp³-hybridized carbons (Fsp3) is 0.0196. The van der Waals surface area contributed by atoms with Crippen molar-refractivity contribution in [3.05, 3.63) is 217 Å². The first-order valence-corrected chi connectivity index (χ1v) is 19.6. The number of rotatable bonds is 5. The first-order valence-electron chi connectivity index (χ1n) is 18.8. The number of benzene rings is 7. The van der Waals surface area contributed by atoms with E-state index >= 15 is 0 Å². The van der Waals surface area contributed by atoms with Crippen molar-refractivity contribution in [1.29, 1.82) is 0 Å². The van der Waals surface area contributed by atoms with Crippen LogP contribution in [0.1, 0.15) is 22.3 Å². The Hall–Kier alpha value is -6.95. The Bertz CT molecular complexity index is 2910. The molecule has 0 radical (unpaired) electrons. The molecule has 4 nitrogen and oxygen atoms in total. The molecule has 2 aromatic heterocycles. The molecule has 0 amide bonds. The molecule has 2 aliphatic rings. The molecule has 0 bridgehead atoms. The molecule has 3 heterocycles. The highest BCUT2D eigenvalue weighted by atomic mass is 32.2. The van der Waals surface area contributed by atoms with E-state index in [4.69, 9.17) is 15.0 Å². The fourth-order valence-electron chi connectivity index (χ4n) is 8.66. The lowest BCUT2D eigenvalue weighted by Crippen LogP contribution is -2.31. The first kappa shape index (κ1) is 32.5. The minimum absolute atomic E-state index is 0.493. The van der Waals surface area contributed by atoms with Gasteiger partial charge in [0, 0.05) is 44.4 Å². The number of hydrogen-bond acceptors (Lipinski definition) is 5. The van der Waals surface area contributed by atoms with Crippen molar-refractivity contribution < 1.29 is 0 Å². The molecule has 1 aliphatic carbocycles. The molecule has 1 aliphatic heterocycles. The van der Waals surface area contributed by atoms with Gasteiger partial charge >= 0.3 is 0 Å². The number of pyridine rings is 1. The van der Waals surface area contributed by atoms with Crippen LogP contribution in [-0.2, 0) is 5.41 Å². The van der Waals surface area contributed by atoms with Gasteiger partial charge < -0.3 is 0 Å². The van der Waals surface area contributed by atoms with E-state index in [-0.39, 0.29) is 0 Å². The molecule has 262 valence electrons. The molecule has 0 fully saturated rings. The van der Waals surface area contributed by atoms with Gasteiger partial charge in [-0.3, -0.25) is 4.98 Å². The molecule has 0 atom stereocenters. The van der Waals surface area contributed by atoms with Gasteiger partial charge in [0.25, 0.3) is 0 Å². The Morgan fingerprint density at radius 3 is 1.59 bits per heavy atom. The zero-order valence-corrected chi connectivity index (χ0v) is 31.0. The van der Waals surface area contributed by atoms with Crippen LogP contribution in [0.3, 0.4) is 0 Å². The van der Waals surface area contributed by atoms with E-state index in [1.807, 2.05) is 48.4 Å². The Kier molecular flexibility index (Phi) is 7.61. The third-order valence-electron chi connectivity index (χ3n) is 11.1. The third kappa shape index (κ3) is 5.09. The number of aromatic nitrogens is 4. The van der Waals surface area contributed by atoms with Crippen LogP contribution in [0.5, 0.6) is 0 Å². The van der Waals surface area contributed by atoms with Crippen LogP contribution in [-0.4, -0.2) is 19.9 Å². The second kappa shape index (κ2) is 13.1. The monoisotopic (exact) mass is 732 g/mol. The molecule has 5 heteroatoms. The van der Waals surface area contributed by atoms with Gasteiger partial charge in [-0.25, -0.2) is 15.0 Å². The van der Waals surface area contributed by atoms with Crippen molar-refractivity contribution >= 4 is 11.8 Å². The minimum Gasteiger partial charge on any atom is -0.264 e. The lowest BCUT2D eigenvalue weighted by atomic mass is 9.67. The lowest BCUT2D eigenvalue weighted by Gasteiger charge is -2.39. The first-order chi connectivity index (χ1) is 27.8. The third-order valence-corrected chi connectivity index (χ3v) is 12.3. The van der Waals surface area contributed by atoms with E-state index in [1.165, 1.54) is 43.2 Å². The van der Waals surface area contributed by atoms with Gasteiger partial charge in [-0.1, -0.05) is 163 Å². The summed E-state index contributed by atoms with van der Waals surface area (Å²) < 4.78 is 0. The predicted octanol–water partition coefficient (Wildman–Crippen LogP) is 12.4. The van der Waals surface area contributed by atoms with E-state index in [1.54, 1.807) is 0 Å². The number of nitrogens with zero attached hydrogens (tertiary/aromatic N) is 4. The van der Waals surface area contributed by atoms with Gasteiger partial charge in [-0.05, 0) is 80.4 Å². The molecule has 0 unspecified atom stereocenters. The molecule has 0 N–H and O–H groups in total. The molecule has 0 saturated carbocycles. The maximum absolute atomic E-state index is 5.27. The second-order valence-electron chi connectivity index (χ2n) is 14.2. The summed E-state index contributed by atoms with van der Waals surface area (Å²) in [5, 5.41) is 0. The summed E-state index contributed by atoms with van der Waals surface area (Å²) in [7, 11) is 0. The highest BCUT2D eigenvalue weighted by molar-refractivity contribution is 7.99. The van der Waals surface area contributed by atoms with E-state index in [9.17, 15) is 0 Å². The maximum atomic E-state index is 5.27. The molecule has 7 aromatic carbocycles. The Labute approximate surface area is 329 Å². The van der Waals surface area contributed by atoms with Gasteiger partial charge in [-0.2, -0.15) is 0 Å². The molecular formula is C51H32N4S. The van der Waals surface area contributed by atoms with E-state index in [0.29, 0.717) is 17.5 Å². The van der Waals surface area contributed by atoms with Crippen molar-refractivity contribution in [3.63, 3.8) is 0 Å². The molecule has 1 spiro atoms. The average Bonchev–Trinajstić information content (AvgIpc) is 3.57. The summed E-state index contributed by atoms with van der Waals surface area (Å²) in [5.41, 5.74) is 14.3. The van der Waals surface area contributed by atoms with Crippen LogP contribution in [0.25, 0.3) is 67.5 Å². The molecule has 9 aromatic rings. The highest BCUT2D eigenvalue weighted by Gasteiger charge is 2.50. The smallest absolute Gasteiger partial charge is 0.164 e. The highest BCUT2D eigenvalue weighted by Crippen LogP contribution is 2.62. The van der Waals surface area contributed by atoms with Crippen LogP contribution >= 0.6 is 11.8 Å². The summed E-state index contributed by atoms with van der Waals surface area (Å²) in [4.78, 5) is 22.7. The Morgan fingerprint density at radius 2 is 0.875 bits per heavy atom. The number of hydrogen-bond donors (Lipinski definition) is 0. The minimum atomic E-state index is -0.493. The van der Waals surface area contributed by atoms with E-state index in [2.05, 4.69) is 163 Å². The molecular weight excluding hydrogens is 701 g/mol. The van der Waals surface area contributed by atoms with Gasteiger partial charge in [0.15, 0.2) is 17.5 Å². The summed E-state index contributed by atoms with van der Waals surface area (Å²) in [5.74, 6) is 1.88. The van der Waals surface area contributed by atoms with Gasteiger partial charge in [-0.15, -0.1) is 0 Å². The maximum Gasteiger partial charge on any atom is 0.164 e. The quantitative estimate of drug-likeness (QED) is 0.176. The summed E-state index contributed by atoms with van der Waals surface area (Å²) in [6.07, 6.45) is 3.79. The topological polar surface area (TPSA) is 51.6 Å². The molecule has 11 rings (SSSR count). The van der Waals surface area contributed by atoms with Crippen LogP contribution in [0.4, 0.5) is 0 Å². The van der Waals surface area contributed by atoms with Gasteiger partial charge in [0.2, 0.25) is 0 Å². The normalized spacial score (nSPS) is 13.1. The zero-order valence-electron chi connectivity index (χ0n) is 30.2. The van der Waals surface area contributed by atoms with Gasteiger partial charge in [0.05, 0.1) is 5.41 Å². The summed E-state index contributed by atoms with van der Waals surface area (Å²) in [6, 6.07) is 64.6. The van der Waals surface area contributed by atoms with Crippen molar-refractivity contribution in [2.45, 2.75) is 15.2 Å².